The van der Waals surface area contributed by atoms with Gasteiger partial charge >= 0.3 is 0 Å². The van der Waals surface area contributed by atoms with Gasteiger partial charge in [0.05, 0.1) is 6.10 Å². The van der Waals surface area contributed by atoms with Crippen molar-refractivity contribution in [2.75, 3.05) is 0 Å². The number of hydrogen-bond acceptors (Lipinski definition) is 3. The first-order chi connectivity index (χ1) is 8.87. The molecule has 2 atom stereocenters. The molecule has 0 saturated heterocycles. The molecule has 2 unspecified atom stereocenters. The lowest BCUT2D eigenvalue weighted by Gasteiger charge is -2.39. The van der Waals surface area contributed by atoms with Crippen LogP contribution in [0.2, 0.25) is 0 Å². The van der Waals surface area contributed by atoms with E-state index < -0.39 is 0 Å². The van der Waals surface area contributed by atoms with Crippen molar-refractivity contribution in [3.63, 3.8) is 0 Å². The standard InChI is InChI=1S/C15H22N2OS/c1-10-7-11(9-15(2,3)8-10)18-12-5-4-6-17-13(12)14(16)19/h4-6,10-11H,7-9H2,1-3H3,(H2,16,19). The van der Waals surface area contributed by atoms with Gasteiger partial charge in [0.25, 0.3) is 0 Å². The maximum atomic E-state index is 6.12. The summed E-state index contributed by atoms with van der Waals surface area (Å²) >= 11 is 5.02. The summed E-state index contributed by atoms with van der Waals surface area (Å²) in [5.74, 6) is 1.39. The van der Waals surface area contributed by atoms with Crippen molar-refractivity contribution in [3.05, 3.63) is 24.0 Å². The summed E-state index contributed by atoms with van der Waals surface area (Å²) in [5.41, 5.74) is 6.61. The lowest BCUT2D eigenvalue weighted by Crippen LogP contribution is -2.34. The molecule has 0 aliphatic heterocycles. The zero-order valence-electron chi connectivity index (χ0n) is 11.8. The van der Waals surface area contributed by atoms with Crippen LogP contribution in [0.1, 0.15) is 45.7 Å². The molecule has 1 aromatic heterocycles. The number of nitrogens with zero attached hydrogens (tertiary/aromatic N) is 1. The maximum absolute atomic E-state index is 6.12. The monoisotopic (exact) mass is 278 g/mol. The molecule has 2 rings (SSSR count). The third-order valence-electron chi connectivity index (χ3n) is 3.64. The fourth-order valence-electron chi connectivity index (χ4n) is 3.20. The minimum atomic E-state index is 0.219. The minimum absolute atomic E-state index is 0.219. The summed E-state index contributed by atoms with van der Waals surface area (Å²) in [6.07, 6.45) is 5.30. The van der Waals surface area contributed by atoms with Gasteiger partial charge in [0, 0.05) is 6.20 Å². The lowest BCUT2D eigenvalue weighted by atomic mass is 9.71. The molecule has 4 heteroatoms. The quantitative estimate of drug-likeness (QED) is 0.862. The molecule has 0 bridgehead atoms. The van der Waals surface area contributed by atoms with E-state index in [0.29, 0.717) is 27.8 Å². The first-order valence-electron chi connectivity index (χ1n) is 6.79. The number of hydrogen-bond donors (Lipinski definition) is 1. The predicted octanol–water partition coefficient (Wildman–Crippen LogP) is 3.31. The Hall–Kier alpha value is -1.16. The summed E-state index contributed by atoms with van der Waals surface area (Å²) in [7, 11) is 0. The van der Waals surface area contributed by atoms with Gasteiger partial charge in [-0.15, -0.1) is 0 Å². The molecule has 1 heterocycles. The second-order valence-corrected chi connectivity index (χ2v) is 6.81. The number of pyridine rings is 1. The molecule has 0 radical (unpaired) electrons. The van der Waals surface area contributed by atoms with Crippen molar-refractivity contribution in [1.82, 2.24) is 4.98 Å². The minimum Gasteiger partial charge on any atom is -0.488 e. The topological polar surface area (TPSA) is 48.1 Å². The molecule has 19 heavy (non-hydrogen) atoms. The second kappa shape index (κ2) is 5.45. The van der Waals surface area contributed by atoms with E-state index in [1.807, 2.05) is 12.1 Å². The van der Waals surface area contributed by atoms with Crippen molar-refractivity contribution in [2.45, 2.75) is 46.1 Å². The highest BCUT2D eigenvalue weighted by atomic mass is 32.1. The Morgan fingerprint density at radius 1 is 1.47 bits per heavy atom. The van der Waals surface area contributed by atoms with Crippen LogP contribution in [0.4, 0.5) is 0 Å². The van der Waals surface area contributed by atoms with Gasteiger partial charge in [-0.2, -0.15) is 0 Å². The Labute approximate surface area is 120 Å². The van der Waals surface area contributed by atoms with E-state index in [4.69, 9.17) is 22.7 Å². The van der Waals surface area contributed by atoms with Crippen LogP contribution in [-0.4, -0.2) is 16.1 Å². The van der Waals surface area contributed by atoms with E-state index in [1.54, 1.807) is 6.20 Å². The fraction of sp³-hybridized carbons (Fsp3) is 0.600. The number of ether oxygens (including phenoxy) is 1. The van der Waals surface area contributed by atoms with E-state index in [1.165, 1.54) is 6.42 Å². The Kier molecular flexibility index (Phi) is 4.09. The molecular weight excluding hydrogens is 256 g/mol. The van der Waals surface area contributed by atoms with Crippen molar-refractivity contribution in [2.24, 2.45) is 17.1 Å². The molecule has 0 aromatic carbocycles. The summed E-state index contributed by atoms with van der Waals surface area (Å²) < 4.78 is 6.12. The molecule has 1 fully saturated rings. The lowest BCUT2D eigenvalue weighted by molar-refractivity contribution is 0.0559. The van der Waals surface area contributed by atoms with E-state index >= 15 is 0 Å². The first kappa shape index (κ1) is 14.3. The first-order valence-corrected chi connectivity index (χ1v) is 7.20. The van der Waals surface area contributed by atoms with Gasteiger partial charge in [0.2, 0.25) is 0 Å². The average molecular weight is 278 g/mol. The molecule has 1 aromatic rings. The van der Waals surface area contributed by atoms with Gasteiger partial charge in [-0.25, -0.2) is 4.98 Å². The van der Waals surface area contributed by atoms with Crippen molar-refractivity contribution < 1.29 is 4.74 Å². The molecule has 1 aliphatic rings. The number of nitrogens with two attached hydrogens (primary N) is 1. The molecule has 2 N–H and O–H groups in total. The van der Waals surface area contributed by atoms with E-state index in [-0.39, 0.29) is 6.10 Å². The zero-order chi connectivity index (χ0) is 14.0. The van der Waals surface area contributed by atoms with Crippen molar-refractivity contribution in [3.8, 4) is 5.75 Å². The van der Waals surface area contributed by atoms with E-state index in [0.717, 1.165) is 12.8 Å². The summed E-state index contributed by atoms with van der Waals surface area (Å²) in [5, 5.41) is 0. The Bertz CT molecular complexity index is 473. The van der Waals surface area contributed by atoms with Crippen LogP contribution in [0.5, 0.6) is 5.75 Å². The molecule has 3 nitrogen and oxygen atoms in total. The van der Waals surface area contributed by atoms with Crippen molar-refractivity contribution in [1.29, 1.82) is 0 Å². The van der Waals surface area contributed by atoms with Crippen LogP contribution >= 0.6 is 12.2 Å². The molecular formula is C15H22N2OS. The van der Waals surface area contributed by atoms with Gasteiger partial charge in [-0.05, 0) is 42.7 Å². The molecule has 1 saturated carbocycles. The van der Waals surface area contributed by atoms with Crippen LogP contribution in [0.25, 0.3) is 0 Å². The van der Waals surface area contributed by atoms with Gasteiger partial charge in [0.15, 0.2) is 0 Å². The zero-order valence-corrected chi connectivity index (χ0v) is 12.7. The summed E-state index contributed by atoms with van der Waals surface area (Å²) in [6, 6.07) is 3.75. The highest BCUT2D eigenvalue weighted by Gasteiger charge is 2.33. The van der Waals surface area contributed by atoms with Crippen LogP contribution < -0.4 is 10.5 Å². The van der Waals surface area contributed by atoms with Crippen LogP contribution in [0.15, 0.2) is 18.3 Å². The molecule has 1 aliphatic carbocycles. The van der Waals surface area contributed by atoms with Gasteiger partial charge in [-0.1, -0.05) is 33.0 Å². The Morgan fingerprint density at radius 3 is 2.84 bits per heavy atom. The van der Waals surface area contributed by atoms with E-state index in [9.17, 15) is 0 Å². The summed E-state index contributed by atoms with van der Waals surface area (Å²) in [6.45, 7) is 6.89. The fourth-order valence-corrected chi connectivity index (χ4v) is 3.35. The predicted molar refractivity (Wildman–Crippen MR) is 81.3 cm³/mol. The highest BCUT2D eigenvalue weighted by molar-refractivity contribution is 7.80. The van der Waals surface area contributed by atoms with Gasteiger partial charge < -0.3 is 10.5 Å². The molecule has 104 valence electrons. The second-order valence-electron chi connectivity index (χ2n) is 6.37. The summed E-state index contributed by atoms with van der Waals surface area (Å²) in [4.78, 5) is 4.50. The number of thiocarbonyl (C=S) groups is 1. The van der Waals surface area contributed by atoms with Crippen LogP contribution in [0, 0.1) is 11.3 Å². The van der Waals surface area contributed by atoms with Gasteiger partial charge in [-0.3, -0.25) is 0 Å². The maximum Gasteiger partial charge on any atom is 0.148 e. The van der Waals surface area contributed by atoms with E-state index in [2.05, 4.69) is 25.8 Å². The number of rotatable bonds is 3. The van der Waals surface area contributed by atoms with Crippen molar-refractivity contribution >= 4 is 17.2 Å². The van der Waals surface area contributed by atoms with Crippen LogP contribution in [0.3, 0.4) is 0 Å². The Morgan fingerprint density at radius 2 is 2.21 bits per heavy atom. The SMILES string of the molecule is CC1CC(Oc2cccnc2C(N)=S)CC(C)(C)C1. The smallest absolute Gasteiger partial charge is 0.148 e. The normalized spacial score (nSPS) is 25.8. The van der Waals surface area contributed by atoms with Gasteiger partial charge in [0.1, 0.15) is 16.4 Å². The highest BCUT2D eigenvalue weighted by Crippen LogP contribution is 2.40. The average Bonchev–Trinajstić information content (AvgIpc) is 2.26. The third kappa shape index (κ3) is 3.66. The Balaban J connectivity index is 2.15. The number of aromatic nitrogens is 1. The van der Waals surface area contributed by atoms with Crippen LogP contribution in [-0.2, 0) is 0 Å². The largest absolute Gasteiger partial charge is 0.488 e. The molecule has 0 amide bonds. The third-order valence-corrected chi connectivity index (χ3v) is 3.84. The molecule has 0 spiro atoms.